The largest absolute Gasteiger partial charge is 0.497 e. The molecule has 66 valence electrons. The van der Waals surface area contributed by atoms with E-state index in [1.807, 2.05) is 0 Å². The van der Waals surface area contributed by atoms with Crippen LogP contribution in [0, 0.1) is 5.82 Å². The van der Waals surface area contributed by atoms with Crippen molar-refractivity contribution >= 4 is 0 Å². The summed E-state index contributed by atoms with van der Waals surface area (Å²) in [4.78, 5) is 0. The maximum absolute atomic E-state index is 13.0. The van der Waals surface area contributed by atoms with Gasteiger partial charge in [0, 0.05) is 12.7 Å². The van der Waals surface area contributed by atoms with Gasteiger partial charge in [-0.15, -0.1) is 0 Å². The molecule has 12 heavy (non-hydrogen) atoms. The summed E-state index contributed by atoms with van der Waals surface area (Å²) in [5.74, 6) is 0.376. The Hall–Kier alpha value is -1.09. The van der Waals surface area contributed by atoms with Crippen molar-refractivity contribution in [1.29, 1.82) is 0 Å². The first-order chi connectivity index (χ1) is 5.77. The number of hydrogen-bond acceptors (Lipinski definition) is 2. The third kappa shape index (κ3) is 1.95. The van der Waals surface area contributed by atoms with Crippen LogP contribution < -0.4 is 4.74 Å². The molecule has 0 atom stereocenters. The van der Waals surface area contributed by atoms with Crippen LogP contribution in [0.2, 0.25) is 0 Å². The number of hydrogen-bond donors (Lipinski definition) is 0. The summed E-state index contributed by atoms with van der Waals surface area (Å²) in [5.41, 5.74) is 0.511. The minimum absolute atomic E-state index is 0.266. The molecule has 1 aromatic rings. The van der Waals surface area contributed by atoms with Crippen molar-refractivity contribution in [3.05, 3.63) is 29.6 Å². The average molecular weight is 170 g/mol. The number of methoxy groups -OCH3 is 2. The molecule has 0 bridgehead atoms. The van der Waals surface area contributed by atoms with Gasteiger partial charge in [-0.05, 0) is 18.2 Å². The lowest BCUT2D eigenvalue weighted by Crippen LogP contribution is -1.93. The molecule has 0 saturated heterocycles. The van der Waals surface area contributed by atoms with Crippen LogP contribution in [0.1, 0.15) is 5.56 Å². The first-order valence-electron chi connectivity index (χ1n) is 3.59. The fourth-order valence-electron chi connectivity index (χ4n) is 0.944. The number of halogens is 1. The summed E-state index contributed by atoms with van der Waals surface area (Å²) < 4.78 is 22.7. The van der Waals surface area contributed by atoms with Gasteiger partial charge in [0.25, 0.3) is 0 Å². The van der Waals surface area contributed by atoms with Gasteiger partial charge in [-0.2, -0.15) is 0 Å². The smallest absolute Gasteiger partial charge is 0.128 e. The van der Waals surface area contributed by atoms with Crippen molar-refractivity contribution in [3.63, 3.8) is 0 Å². The summed E-state index contributed by atoms with van der Waals surface area (Å²) in [6, 6.07) is 4.57. The minimum Gasteiger partial charge on any atom is -0.497 e. The molecule has 0 aromatic heterocycles. The van der Waals surface area contributed by atoms with Gasteiger partial charge in [0.1, 0.15) is 11.6 Å². The Morgan fingerprint density at radius 2 is 2.08 bits per heavy atom. The predicted octanol–water partition coefficient (Wildman–Crippen LogP) is 1.98. The van der Waals surface area contributed by atoms with Crippen molar-refractivity contribution in [2.24, 2.45) is 0 Å². The zero-order valence-electron chi connectivity index (χ0n) is 7.13. The van der Waals surface area contributed by atoms with Crippen molar-refractivity contribution in [3.8, 4) is 5.75 Å². The highest BCUT2D eigenvalue weighted by atomic mass is 19.1. The molecule has 0 unspecified atom stereocenters. The molecule has 3 heteroatoms. The lowest BCUT2D eigenvalue weighted by Gasteiger charge is -2.04. The quantitative estimate of drug-likeness (QED) is 0.690. The van der Waals surface area contributed by atoms with Crippen LogP contribution in [0.15, 0.2) is 18.2 Å². The van der Waals surface area contributed by atoms with Crippen LogP contribution >= 0.6 is 0 Å². The van der Waals surface area contributed by atoms with Crippen molar-refractivity contribution in [2.45, 2.75) is 6.61 Å². The fourth-order valence-corrected chi connectivity index (χ4v) is 0.944. The summed E-state index contributed by atoms with van der Waals surface area (Å²) in [6.07, 6.45) is 0. The van der Waals surface area contributed by atoms with E-state index in [1.54, 1.807) is 19.2 Å². The Morgan fingerprint density at radius 1 is 1.33 bits per heavy atom. The van der Waals surface area contributed by atoms with E-state index in [4.69, 9.17) is 9.47 Å². The molecule has 0 fully saturated rings. The molecule has 1 aromatic carbocycles. The predicted molar refractivity (Wildman–Crippen MR) is 43.7 cm³/mol. The molecule has 0 aliphatic rings. The van der Waals surface area contributed by atoms with Crippen molar-refractivity contribution in [2.75, 3.05) is 14.2 Å². The van der Waals surface area contributed by atoms with Gasteiger partial charge in [0.2, 0.25) is 0 Å². The summed E-state index contributed by atoms with van der Waals surface area (Å²) in [6.45, 7) is 0.267. The molecule has 0 radical (unpaired) electrons. The highest BCUT2D eigenvalue weighted by molar-refractivity contribution is 5.29. The lowest BCUT2D eigenvalue weighted by atomic mass is 10.2. The molecule has 0 saturated carbocycles. The van der Waals surface area contributed by atoms with E-state index in [9.17, 15) is 4.39 Å². The first-order valence-corrected chi connectivity index (χ1v) is 3.59. The van der Waals surface area contributed by atoms with Crippen molar-refractivity contribution < 1.29 is 13.9 Å². The summed E-state index contributed by atoms with van der Waals surface area (Å²) in [5, 5.41) is 0. The summed E-state index contributed by atoms with van der Waals surface area (Å²) in [7, 11) is 3.07. The molecule has 0 heterocycles. The van der Waals surface area contributed by atoms with Crippen LogP contribution in [0.5, 0.6) is 5.75 Å². The Kier molecular flexibility index (Phi) is 3.05. The van der Waals surface area contributed by atoms with E-state index in [1.165, 1.54) is 13.2 Å². The SMILES string of the molecule is COCc1cc(OC)ccc1F. The number of ether oxygens (including phenoxy) is 2. The van der Waals surface area contributed by atoms with Crippen LogP contribution in [-0.4, -0.2) is 14.2 Å². The van der Waals surface area contributed by atoms with Gasteiger partial charge in [-0.25, -0.2) is 4.39 Å². The van der Waals surface area contributed by atoms with Crippen LogP contribution in [0.3, 0.4) is 0 Å². The Balaban J connectivity index is 2.91. The highest BCUT2D eigenvalue weighted by Gasteiger charge is 2.02. The third-order valence-corrected chi connectivity index (χ3v) is 1.55. The topological polar surface area (TPSA) is 18.5 Å². The van der Waals surface area contributed by atoms with Crippen LogP contribution in [-0.2, 0) is 11.3 Å². The standard InChI is InChI=1S/C9H11FO2/c1-11-6-7-5-8(12-2)3-4-9(7)10/h3-5H,6H2,1-2H3. The highest BCUT2D eigenvalue weighted by Crippen LogP contribution is 2.16. The fraction of sp³-hybridized carbons (Fsp3) is 0.333. The second-order valence-electron chi connectivity index (χ2n) is 2.39. The molecule has 1 rings (SSSR count). The molecular weight excluding hydrogens is 159 g/mol. The van der Waals surface area contributed by atoms with Gasteiger partial charge in [0.05, 0.1) is 13.7 Å². The van der Waals surface area contributed by atoms with E-state index >= 15 is 0 Å². The van der Waals surface area contributed by atoms with Crippen LogP contribution in [0.25, 0.3) is 0 Å². The maximum atomic E-state index is 13.0. The molecule has 0 spiro atoms. The molecular formula is C9H11FO2. The van der Waals surface area contributed by atoms with Gasteiger partial charge >= 0.3 is 0 Å². The van der Waals surface area contributed by atoms with Gasteiger partial charge in [-0.1, -0.05) is 0 Å². The van der Waals surface area contributed by atoms with E-state index in [0.29, 0.717) is 11.3 Å². The van der Waals surface area contributed by atoms with E-state index in [2.05, 4.69) is 0 Å². The molecule has 2 nitrogen and oxygen atoms in total. The van der Waals surface area contributed by atoms with E-state index in [0.717, 1.165) is 0 Å². The molecule has 0 aliphatic carbocycles. The summed E-state index contributed by atoms with van der Waals surface area (Å²) >= 11 is 0. The molecule has 0 N–H and O–H groups in total. The normalized spacial score (nSPS) is 9.92. The second-order valence-corrected chi connectivity index (χ2v) is 2.39. The van der Waals surface area contributed by atoms with Gasteiger partial charge in [-0.3, -0.25) is 0 Å². The second kappa shape index (κ2) is 4.07. The van der Waals surface area contributed by atoms with Crippen molar-refractivity contribution in [1.82, 2.24) is 0 Å². The molecule has 0 aliphatic heterocycles. The number of rotatable bonds is 3. The van der Waals surface area contributed by atoms with Crippen LogP contribution in [0.4, 0.5) is 4.39 Å². The first kappa shape index (κ1) is 9.00. The Bertz CT molecular complexity index is 261. The maximum Gasteiger partial charge on any atom is 0.128 e. The third-order valence-electron chi connectivity index (χ3n) is 1.55. The lowest BCUT2D eigenvalue weighted by molar-refractivity contribution is 0.181. The monoisotopic (exact) mass is 170 g/mol. The minimum atomic E-state index is -0.266. The van der Waals surface area contributed by atoms with E-state index in [-0.39, 0.29) is 12.4 Å². The van der Waals surface area contributed by atoms with Gasteiger partial charge < -0.3 is 9.47 Å². The van der Waals surface area contributed by atoms with E-state index < -0.39 is 0 Å². The van der Waals surface area contributed by atoms with Gasteiger partial charge in [0.15, 0.2) is 0 Å². The Morgan fingerprint density at radius 3 is 2.67 bits per heavy atom. The zero-order chi connectivity index (χ0) is 8.97. The number of benzene rings is 1. The average Bonchev–Trinajstić information content (AvgIpc) is 2.09. The molecule has 0 amide bonds. The zero-order valence-corrected chi connectivity index (χ0v) is 7.13. The Labute approximate surface area is 70.9 Å².